The first kappa shape index (κ1) is 12.6. The predicted octanol–water partition coefficient (Wildman–Crippen LogP) is 0.496. The van der Waals surface area contributed by atoms with Crippen LogP contribution in [-0.2, 0) is 4.79 Å². The SMILES string of the molecule is CCCC[C@@H](C=O)NN1CCN(C)CC1. The molecule has 0 aromatic rings. The lowest BCUT2D eigenvalue weighted by Crippen LogP contribution is -2.54. The van der Waals surface area contributed by atoms with Crippen LogP contribution in [0, 0.1) is 0 Å². The Hall–Kier alpha value is -0.450. The number of carbonyl (C=O) groups excluding carboxylic acids is 1. The maximum Gasteiger partial charge on any atom is 0.138 e. The van der Waals surface area contributed by atoms with Gasteiger partial charge in [0, 0.05) is 26.2 Å². The third-order valence-electron chi connectivity index (χ3n) is 2.88. The molecule has 0 unspecified atom stereocenters. The Balaban J connectivity index is 2.22. The highest BCUT2D eigenvalue weighted by atomic mass is 16.1. The molecule has 0 aliphatic carbocycles. The molecule has 0 spiro atoms. The number of rotatable bonds is 6. The summed E-state index contributed by atoms with van der Waals surface area (Å²) in [6, 6.07) is 0.00774. The van der Waals surface area contributed by atoms with E-state index in [4.69, 9.17) is 0 Å². The van der Waals surface area contributed by atoms with Gasteiger partial charge in [-0.25, -0.2) is 10.4 Å². The van der Waals surface area contributed by atoms with Gasteiger partial charge in [0.15, 0.2) is 0 Å². The summed E-state index contributed by atoms with van der Waals surface area (Å²) in [5.41, 5.74) is 3.30. The van der Waals surface area contributed by atoms with Crippen molar-refractivity contribution in [3.05, 3.63) is 0 Å². The van der Waals surface area contributed by atoms with E-state index in [1.807, 2.05) is 0 Å². The van der Waals surface area contributed by atoms with E-state index in [2.05, 4.69) is 29.3 Å². The Morgan fingerprint density at radius 3 is 2.53 bits per heavy atom. The molecule has 1 saturated heterocycles. The fourth-order valence-electron chi connectivity index (χ4n) is 1.76. The van der Waals surface area contributed by atoms with Crippen LogP contribution in [0.15, 0.2) is 0 Å². The monoisotopic (exact) mass is 213 g/mol. The molecule has 0 aromatic heterocycles. The van der Waals surface area contributed by atoms with Crippen molar-refractivity contribution in [1.82, 2.24) is 15.3 Å². The van der Waals surface area contributed by atoms with Crippen molar-refractivity contribution in [2.75, 3.05) is 33.2 Å². The zero-order chi connectivity index (χ0) is 11.1. The average molecular weight is 213 g/mol. The molecule has 1 aliphatic heterocycles. The summed E-state index contributed by atoms with van der Waals surface area (Å²) in [7, 11) is 2.13. The number of carbonyl (C=O) groups is 1. The molecule has 4 nitrogen and oxygen atoms in total. The molecule has 15 heavy (non-hydrogen) atoms. The zero-order valence-corrected chi connectivity index (χ0v) is 9.91. The van der Waals surface area contributed by atoms with Crippen LogP contribution in [-0.4, -0.2) is 55.5 Å². The first-order valence-electron chi connectivity index (χ1n) is 5.91. The number of hydrazine groups is 1. The highest BCUT2D eigenvalue weighted by Crippen LogP contribution is 2.01. The largest absolute Gasteiger partial charge is 0.304 e. The van der Waals surface area contributed by atoms with Gasteiger partial charge in [0.25, 0.3) is 0 Å². The second-order valence-electron chi connectivity index (χ2n) is 4.30. The van der Waals surface area contributed by atoms with Crippen LogP contribution in [0.25, 0.3) is 0 Å². The molecule has 1 fully saturated rings. The second-order valence-corrected chi connectivity index (χ2v) is 4.30. The molecular weight excluding hydrogens is 190 g/mol. The minimum Gasteiger partial charge on any atom is -0.304 e. The quantitative estimate of drug-likeness (QED) is 0.652. The Labute approximate surface area is 92.6 Å². The van der Waals surface area contributed by atoms with E-state index in [9.17, 15) is 4.79 Å². The van der Waals surface area contributed by atoms with E-state index in [1.54, 1.807) is 0 Å². The number of unbranched alkanes of at least 4 members (excludes halogenated alkanes) is 1. The molecule has 0 amide bonds. The molecule has 0 bridgehead atoms. The highest BCUT2D eigenvalue weighted by molar-refractivity contribution is 5.57. The first-order valence-corrected chi connectivity index (χ1v) is 5.91. The molecule has 1 aliphatic rings. The van der Waals surface area contributed by atoms with Crippen LogP contribution in [0.5, 0.6) is 0 Å². The number of nitrogens with one attached hydrogen (secondary N) is 1. The minimum absolute atomic E-state index is 0.00774. The standard InChI is InChI=1S/C11H23N3O/c1-3-4-5-11(10-15)12-14-8-6-13(2)7-9-14/h10-12H,3-9H2,1-2H3/t11-/m0/s1. The summed E-state index contributed by atoms with van der Waals surface area (Å²) in [5.74, 6) is 0. The van der Waals surface area contributed by atoms with Gasteiger partial charge < -0.3 is 9.69 Å². The van der Waals surface area contributed by atoms with Gasteiger partial charge in [-0.1, -0.05) is 19.8 Å². The Kier molecular flexibility index (Phi) is 5.83. The van der Waals surface area contributed by atoms with Gasteiger partial charge in [0.1, 0.15) is 6.29 Å². The second kappa shape index (κ2) is 6.93. The molecule has 0 saturated carbocycles. The van der Waals surface area contributed by atoms with Gasteiger partial charge >= 0.3 is 0 Å². The fraction of sp³-hybridized carbons (Fsp3) is 0.909. The highest BCUT2D eigenvalue weighted by Gasteiger charge is 2.16. The van der Waals surface area contributed by atoms with E-state index in [0.29, 0.717) is 0 Å². The molecule has 4 heteroatoms. The summed E-state index contributed by atoms with van der Waals surface area (Å²) in [6.45, 7) is 6.32. The van der Waals surface area contributed by atoms with Crippen molar-refractivity contribution in [2.24, 2.45) is 0 Å². The van der Waals surface area contributed by atoms with E-state index >= 15 is 0 Å². The van der Waals surface area contributed by atoms with E-state index in [-0.39, 0.29) is 6.04 Å². The Bertz CT molecular complexity index is 179. The number of likely N-dealkylation sites (N-methyl/N-ethyl adjacent to an activating group) is 1. The number of nitrogens with zero attached hydrogens (tertiary/aromatic N) is 2. The maximum atomic E-state index is 10.8. The summed E-state index contributed by atoms with van der Waals surface area (Å²) >= 11 is 0. The smallest absolute Gasteiger partial charge is 0.138 e. The van der Waals surface area contributed by atoms with Crippen molar-refractivity contribution in [3.8, 4) is 0 Å². The van der Waals surface area contributed by atoms with Crippen molar-refractivity contribution in [1.29, 1.82) is 0 Å². The lowest BCUT2D eigenvalue weighted by atomic mass is 10.1. The van der Waals surface area contributed by atoms with Crippen molar-refractivity contribution in [3.63, 3.8) is 0 Å². The fourth-order valence-corrected chi connectivity index (χ4v) is 1.76. The predicted molar refractivity (Wildman–Crippen MR) is 61.6 cm³/mol. The first-order chi connectivity index (χ1) is 7.26. The Morgan fingerprint density at radius 2 is 2.00 bits per heavy atom. The summed E-state index contributed by atoms with van der Waals surface area (Å²) in [6.07, 6.45) is 4.25. The van der Waals surface area contributed by atoms with Gasteiger partial charge in [-0.05, 0) is 13.5 Å². The molecule has 88 valence electrons. The lowest BCUT2D eigenvalue weighted by molar-refractivity contribution is -0.111. The van der Waals surface area contributed by atoms with Gasteiger partial charge in [-0.3, -0.25) is 0 Å². The number of piperazine rings is 1. The van der Waals surface area contributed by atoms with Crippen LogP contribution >= 0.6 is 0 Å². The summed E-state index contributed by atoms with van der Waals surface area (Å²) in [5, 5.41) is 2.18. The Morgan fingerprint density at radius 1 is 1.33 bits per heavy atom. The molecule has 1 N–H and O–H groups in total. The van der Waals surface area contributed by atoms with Crippen LogP contribution in [0.2, 0.25) is 0 Å². The van der Waals surface area contributed by atoms with Crippen LogP contribution < -0.4 is 5.43 Å². The summed E-state index contributed by atoms with van der Waals surface area (Å²) in [4.78, 5) is 13.2. The van der Waals surface area contributed by atoms with E-state index < -0.39 is 0 Å². The van der Waals surface area contributed by atoms with Gasteiger partial charge in [-0.15, -0.1) is 0 Å². The van der Waals surface area contributed by atoms with Crippen molar-refractivity contribution >= 4 is 6.29 Å². The minimum atomic E-state index is 0.00774. The van der Waals surface area contributed by atoms with Gasteiger partial charge in [0.2, 0.25) is 0 Å². The number of hydrogen-bond donors (Lipinski definition) is 1. The lowest BCUT2D eigenvalue weighted by Gasteiger charge is -2.34. The molecular formula is C11H23N3O. The van der Waals surface area contributed by atoms with Crippen molar-refractivity contribution < 1.29 is 4.79 Å². The average Bonchev–Trinajstić information content (AvgIpc) is 2.27. The molecule has 1 heterocycles. The topological polar surface area (TPSA) is 35.6 Å². The van der Waals surface area contributed by atoms with Crippen molar-refractivity contribution in [2.45, 2.75) is 32.2 Å². The van der Waals surface area contributed by atoms with E-state index in [0.717, 1.165) is 51.7 Å². The molecule has 0 aromatic carbocycles. The number of aldehydes is 1. The third kappa shape index (κ3) is 4.73. The number of hydrogen-bond acceptors (Lipinski definition) is 4. The van der Waals surface area contributed by atoms with E-state index in [1.165, 1.54) is 0 Å². The normalized spacial score (nSPS) is 21.5. The zero-order valence-electron chi connectivity index (χ0n) is 9.91. The molecule has 1 atom stereocenters. The van der Waals surface area contributed by atoms with Gasteiger partial charge in [-0.2, -0.15) is 0 Å². The van der Waals surface area contributed by atoms with Crippen LogP contribution in [0.3, 0.4) is 0 Å². The third-order valence-corrected chi connectivity index (χ3v) is 2.88. The van der Waals surface area contributed by atoms with Crippen LogP contribution in [0.1, 0.15) is 26.2 Å². The molecule has 0 radical (unpaired) electrons. The van der Waals surface area contributed by atoms with Gasteiger partial charge in [0.05, 0.1) is 6.04 Å². The molecule has 1 rings (SSSR count). The maximum absolute atomic E-state index is 10.8. The van der Waals surface area contributed by atoms with Crippen LogP contribution in [0.4, 0.5) is 0 Å². The summed E-state index contributed by atoms with van der Waals surface area (Å²) < 4.78 is 0.